The Hall–Kier alpha value is -3.13. The van der Waals surface area contributed by atoms with Crippen molar-refractivity contribution in [3.05, 3.63) is 48.9 Å². The fourth-order valence-corrected chi connectivity index (χ4v) is 2.33. The zero-order chi connectivity index (χ0) is 16.9. The molecule has 3 N–H and O–H groups in total. The summed E-state index contributed by atoms with van der Waals surface area (Å²) in [5.74, 6) is 0. The van der Waals surface area contributed by atoms with Gasteiger partial charge in [0.15, 0.2) is 0 Å². The van der Waals surface area contributed by atoms with Gasteiger partial charge < -0.3 is 15.7 Å². The third-order valence-electron chi connectivity index (χ3n) is 3.34. The van der Waals surface area contributed by atoms with Crippen LogP contribution in [0.2, 0.25) is 0 Å². The SMILES string of the molecule is Cn1cc(NC(=O)Nc2cnn(CCO)c2)c(-c2ccccc2)n1. The molecule has 2 amide bonds. The number of amides is 2. The van der Waals surface area contributed by atoms with Gasteiger partial charge in [0.1, 0.15) is 5.69 Å². The van der Waals surface area contributed by atoms with Gasteiger partial charge in [-0.05, 0) is 0 Å². The highest BCUT2D eigenvalue weighted by molar-refractivity contribution is 6.01. The lowest BCUT2D eigenvalue weighted by atomic mass is 10.1. The van der Waals surface area contributed by atoms with Crippen LogP contribution in [-0.4, -0.2) is 37.3 Å². The fourth-order valence-electron chi connectivity index (χ4n) is 2.33. The summed E-state index contributed by atoms with van der Waals surface area (Å²) in [7, 11) is 1.80. The maximum absolute atomic E-state index is 12.2. The molecule has 0 spiro atoms. The summed E-state index contributed by atoms with van der Waals surface area (Å²) in [6, 6.07) is 9.25. The molecule has 0 unspecified atom stereocenters. The van der Waals surface area contributed by atoms with E-state index in [-0.39, 0.29) is 12.6 Å². The third kappa shape index (κ3) is 3.61. The summed E-state index contributed by atoms with van der Waals surface area (Å²) in [5.41, 5.74) is 2.78. The zero-order valence-electron chi connectivity index (χ0n) is 13.2. The molecule has 0 atom stereocenters. The molecule has 0 saturated carbocycles. The number of hydrogen-bond donors (Lipinski definition) is 3. The van der Waals surface area contributed by atoms with Crippen molar-refractivity contribution in [2.45, 2.75) is 6.54 Å². The predicted molar refractivity (Wildman–Crippen MR) is 90.6 cm³/mol. The monoisotopic (exact) mass is 326 g/mol. The highest BCUT2D eigenvalue weighted by Gasteiger charge is 2.13. The van der Waals surface area contributed by atoms with Crippen molar-refractivity contribution >= 4 is 17.4 Å². The van der Waals surface area contributed by atoms with Gasteiger partial charge in [-0.3, -0.25) is 9.36 Å². The number of hydrogen-bond acceptors (Lipinski definition) is 4. The Morgan fingerprint density at radius 2 is 2.00 bits per heavy atom. The van der Waals surface area contributed by atoms with E-state index in [1.165, 1.54) is 6.20 Å². The normalized spacial score (nSPS) is 10.6. The van der Waals surface area contributed by atoms with Gasteiger partial charge in [-0.15, -0.1) is 0 Å². The van der Waals surface area contributed by atoms with Gasteiger partial charge in [0, 0.05) is 25.0 Å². The maximum Gasteiger partial charge on any atom is 0.323 e. The smallest absolute Gasteiger partial charge is 0.323 e. The molecule has 3 rings (SSSR count). The topological polar surface area (TPSA) is 97.0 Å². The van der Waals surface area contributed by atoms with Gasteiger partial charge in [0.25, 0.3) is 0 Å². The van der Waals surface area contributed by atoms with E-state index in [0.717, 1.165) is 5.56 Å². The van der Waals surface area contributed by atoms with E-state index in [1.54, 1.807) is 28.8 Å². The second-order valence-corrected chi connectivity index (χ2v) is 5.23. The van der Waals surface area contributed by atoms with Gasteiger partial charge >= 0.3 is 6.03 Å². The number of anilines is 2. The number of benzene rings is 1. The van der Waals surface area contributed by atoms with Crippen molar-refractivity contribution in [2.24, 2.45) is 7.05 Å². The number of aliphatic hydroxyl groups is 1. The van der Waals surface area contributed by atoms with Crippen LogP contribution in [0.5, 0.6) is 0 Å². The number of carbonyl (C=O) groups excluding carboxylic acids is 1. The van der Waals surface area contributed by atoms with E-state index < -0.39 is 0 Å². The van der Waals surface area contributed by atoms with E-state index in [1.807, 2.05) is 30.3 Å². The Kier molecular flexibility index (Phi) is 4.57. The van der Waals surface area contributed by atoms with Crippen LogP contribution in [0.3, 0.4) is 0 Å². The second-order valence-electron chi connectivity index (χ2n) is 5.23. The maximum atomic E-state index is 12.2. The van der Waals surface area contributed by atoms with Crippen molar-refractivity contribution in [2.75, 3.05) is 17.2 Å². The average molecular weight is 326 g/mol. The Bertz CT molecular complexity index is 824. The summed E-state index contributed by atoms with van der Waals surface area (Å²) in [4.78, 5) is 12.2. The van der Waals surface area contributed by atoms with E-state index in [0.29, 0.717) is 23.6 Å². The molecule has 0 saturated heterocycles. The molecule has 24 heavy (non-hydrogen) atoms. The molecule has 0 radical (unpaired) electrons. The molecule has 0 aliphatic heterocycles. The van der Waals surface area contributed by atoms with Crippen LogP contribution in [-0.2, 0) is 13.6 Å². The van der Waals surface area contributed by atoms with Crippen LogP contribution in [0.4, 0.5) is 16.2 Å². The van der Waals surface area contributed by atoms with Crippen LogP contribution in [0.1, 0.15) is 0 Å². The number of urea groups is 1. The third-order valence-corrected chi connectivity index (χ3v) is 3.34. The summed E-state index contributed by atoms with van der Waals surface area (Å²) in [6.07, 6.45) is 4.92. The van der Waals surface area contributed by atoms with Gasteiger partial charge in [0.2, 0.25) is 0 Å². The highest BCUT2D eigenvalue weighted by atomic mass is 16.3. The number of aliphatic hydroxyl groups excluding tert-OH is 1. The zero-order valence-corrected chi connectivity index (χ0v) is 13.2. The van der Waals surface area contributed by atoms with Gasteiger partial charge in [-0.2, -0.15) is 10.2 Å². The van der Waals surface area contributed by atoms with Gasteiger partial charge in [-0.1, -0.05) is 30.3 Å². The highest BCUT2D eigenvalue weighted by Crippen LogP contribution is 2.26. The van der Waals surface area contributed by atoms with Crippen molar-refractivity contribution in [1.29, 1.82) is 0 Å². The minimum absolute atomic E-state index is 0.0105. The molecule has 0 aliphatic rings. The first kappa shape index (κ1) is 15.8. The minimum atomic E-state index is -0.385. The molecule has 0 bridgehead atoms. The van der Waals surface area contributed by atoms with Gasteiger partial charge in [-0.25, -0.2) is 4.79 Å². The number of aromatic nitrogens is 4. The lowest BCUT2D eigenvalue weighted by Gasteiger charge is -2.06. The molecule has 1 aromatic carbocycles. The van der Waals surface area contributed by atoms with E-state index in [4.69, 9.17) is 5.11 Å². The number of nitrogens with zero attached hydrogens (tertiary/aromatic N) is 4. The molecular formula is C16H18N6O2. The Balaban J connectivity index is 1.72. The first-order valence-electron chi connectivity index (χ1n) is 7.46. The number of rotatable bonds is 5. The Morgan fingerprint density at radius 1 is 1.21 bits per heavy atom. The number of aryl methyl sites for hydroxylation is 1. The fraction of sp³-hybridized carbons (Fsp3) is 0.188. The molecular weight excluding hydrogens is 308 g/mol. The lowest BCUT2D eigenvalue weighted by Crippen LogP contribution is -2.19. The van der Waals surface area contributed by atoms with Crippen molar-refractivity contribution in [3.8, 4) is 11.3 Å². The van der Waals surface area contributed by atoms with E-state index >= 15 is 0 Å². The Labute approximate surface area is 138 Å². The summed E-state index contributed by atoms with van der Waals surface area (Å²) >= 11 is 0. The molecule has 124 valence electrons. The van der Waals surface area contributed by atoms with Crippen LogP contribution in [0.15, 0.2) is 48.9 Å². The van der Waals surface area contributed by atoms with Gasteiger partial charge in [0.05, 0.1) is 30.7 Å². The molecule has 2 heterocycles. The first-order valence-corrected chi connectivity index (χ1v) is 7.46. The summed E-state index contributed by atoms with van der Waals surface area (Å²) in [5, 5.41) is 22.8. The van der Waals surface area contributed by atoms with Crippen LogP contribution in [0, 0.1) is 0 Å². The van der Waals surface area contributed by atoms with Crippen molar-refractivity contribution in [3.63, 3.8) is 0 Å². The average Bonchev–Trinajstić information content (AvgIpc) is 3.15. The van der Waals surface area contributed by atoms with E-state index in [9.17, 15) is 4.79 Å². The molecule has 0 aliphatic carbocycles. The van der Waals surface area contributed by atoms with Crippen molar-refractivity contribution in [1.82, 2.24) is 19.6 Å². The lowest BCUT2D eigenvalue weighted by molar-refractivity contribution is 0.262. The predicted octanol–water partition coefficient (Wildman–Crippen LogP) is 1.92. The van der Waals surface area contributed by atoms with Crippen LogP contribution < -0.4 is 10.6 Å². The standard InChI is InChI=1S/C16H18N6O2/c1-21-11-14(15(20-21)12-5-3-2-4-6-12)19-16(24)18-13-9-17-22(10-13)7-8-23/h2-6,9-11,23H,7-8H2,1H3,(H2,18,19,24). The largest absolute Gasteiger partial charge is 0.394 e. The molecule has 3 aromatic rings. The minimum Gasteiger partial charge on any atom is -0.394 e. The second kappa shape index (κ2) is 6.97. The summed E-state index contributed by atoms with van der Waals surface area (Å²) < 4.78 is 3.20. The van der Waals surface area contributed by atoms with Crippen molar-refractivity contribution < 1.29 is 9.90 Å². The molecule has 0 fully saturated rings. The number of nitrogens with one attached hydrogen (secondary N) is 2. The van der Waals surface area contributed by atoms with Crippen LogP contribution >= 0.6 is 0 Å². The summed E-state index contributed by atoms with van der Waals surface area (Å²) in [6.45, 7) is 0.369. The van der Waals surface area contributed by atoms with E-state index in [2.05, 4.69) is 20.8 Å². The Morgan fingerprint density at radius 3 is 2.75 bits per heavy atom. The molecule has 2 aromatic heterocycles. The first-order chi connectivity index (χ1) is 11.7. The van der Waals surface area contributed by atoms with Crippen LogP contribution in [0.25, 0.3) is 11.3 Å². The number of carbonyl (C=O) groups is 1. The molecule has 8 nitrogen and oxygen atoms in total. The quantitative estimate of drug-likeness (QED) is 0.667. The molecule has 8 heteroatoms.